The zero-order valence-corrected chi connectivity index (χ0v) is 7.96. The fourth-order valence-electron chi connectivity index (χ4n) is 0.974. The Bertz CT molecular complexity index is 384. The Morgan fingerprint density at radius 1 is 1.27 bits per heavy atom. The SMILES string of the molecule is NC(=O)C(O)C(=O)/C=C/c1ccccc1. The van der Waals surface area contributed by atoms with Crippen LogP contribution in [0.2, 0.25) is 0 Å². The predicted molar refractivity (Wildman–Crippen MR) is 55.7 cm³/mol. The van der Waals surface area contributed by atoms with Crippen molar-refractivity contribution < 1.29 is 14.7 Å². The van der Waals surface area contributed by atoms with E-state index in [0.29, 0.717) is 0 Å². The molecule has 0 aliphatic heterocycles. The molecular formula is C11H11NO3. The van der Waals surface area contributed by atoms with Crippen molar-refractivity contribution in [3.8, 4) is 0 Å². The smallest absolute Gasteiger partial charge is 0.254 e. The average molecular weight is 205 g/mol. The van der Waals surface area contributed by atoms with Crippen molar-refractivity contribution in [3.05, 3.63) is 42.0 Å². The third kappa shape index (κ3) is 3.36. The quantitative estimate of drug-likeness (QED) is 0.541. The lowest BCUT2D eigenvalue weighted by Crippen LogP contribution is -2.34. The lowest BCUT2D eigenvalue weighted by molar-refractivity contribution is -0.135. The van der Waals surface area contributed by atoms with Gasteiger partial charge in [0, 0.05) is 0 Å². The molecule has 0 bridgehead atoms. The number of amides is 1. The second kappa shape index (κ2) is 5.07. The van der Waals surface area contributed by atoms with Gasteiger partial charge in [-0.1, -0.05) is 36.4 Å². The van der Waals surface area contributed by atoms with Gasteiger partial charge in [0.15, 0.2) is 11.9 Å². The maximum atomic E-state index is 11.1. The first kappa shape index (κ1) is 11.1. The molecule has 78 valence electrons. The van der Waals surface area contributed by atoms with Gasteiger partial charge in [0.05, 0.1) is 0 Å². The first-order valence-corrected chi connectivity index (χ1v) is 4.35. The van der Waals surface area contributed by atoms with E-state index in [2.05, 4.69) is 0 Å². The molecule has 0 saturated heterocycles. The van der Waals surface area contributed by atoms with Crippen molar-refractivity contribution >= 4 is 17.8 Å². The van der Waals surface area contributed by atoms with Crippen LogP contribution in [0, 0.1) is 0 Å². The van der Waals surface area contributed by atoms with Gasteiger partial charge in [-0.05, 0) is 11.6 Å². The van der Waals surface area contributed by atoms with Crippen LogP contribution in [-0.2, 0) is 9.59 Å². The van der Waals surface area contributed by atoms with Crippen LogP contribution in [0.4, 0.5) is 0 Å². The maximum absolute atomic E-state index is 11.1. The van der Waals surface area contributed by atoms with Gasteiger partial charge in [-0.25, -0.2) is 0 Å². The Kier molecular flexibility index (Phi) is 3.76. The number of carbonyl (C=O) groups excluding carboxylic acids is 2. The molecule has 1 aromatic carbocycles. The van der Waals surface area contributed by atoms with Crippen molar-refractivity contribution in [3.63, 3.8) is 0 Å². The number of hydrogen-bond acceptors (Lipinski definition) is 3. The van der Waals surface area contributed by atoms with E-state index in [1.165, 1.54) is 6.08 Å². The number of carbonyl (C=O) groups is 2. The van der Waals surface area contributed by atoms with Crippen molar-refractivity contribution in [2.45, 2.75) is 6.10 Å². The van der Waals surface area contributed by atoms with E-state index in [4.69, 9.17) is 10.8 Å². The third-order valence-electron chi connectivity index (χ3n) is 1.78. The molecule has 0 aromatic heterocycles. The van der Waals surface area contributed by atoms with E-state index in [1.807, 2.05) is 18.2 Å². The summed E-state index contributed by atoms with van der Waals surface area (Å²) in [6.07, 6.45) is 0.879. The molecule has 0 spiro atoms. The fourth-order valence-corrected chi connectivity index (χ4v) is 0.974. The van der Waals surface area contributed by atoms with E-state index in [1.54, 1.807) is 12.1 Å². The third-order valence-corrected chi connectivity index (χ3v) is 1.78. The molecule has 3 N–H and O–H groups in total. The summed E-state index contributed by atoms with van der Waals surface area (Å²) < 4.78 is 0. The van der Waals surface area contributed by atoms with Crippen LogP contribution >= 0.6 is 0 Å². The summed E-state index contributed by atoms with van der Waals surface area (Å²) in [6, 6.07) is 9.06. The predicted octanol–water partition coefficient (Wildman–Crippen LogP) is 0.115. The van der Waals surface area contributed by atoms with Crippen molar-refractivity contribution in [2.24, 2.45) is 5.73 Å². The standard InChI is InChI=1S/C11H11NO3/c12-11(15)10(14)9(13)7-6-8-4-2-1-3-5-8/h1-7,10,14H,(H2,12,15)/b7-6+. The van der Waals surface area contributed by atoms with Gasteiger partial charge in [0.2, 0.25) is 0 Å². The van der Waals surface area contributed by atoms with Crippen LogP contribution in [0.25, 0.3) is 6.08 Å². The fraction of sp³-hybridized carbons (Fsp3) is 0.0909. The minimum absolute atomic E-state index is 0.716. The van der Waals surface area contributed by atoms with Crippen LogP contribution in [-0.4, -0.2) is 22.9 Å². The Morgan fingerprint density at radius 3 is 2.40 bits per heavy atom. The van der Waals surface area contributed by atoms with Crippen molar-refractivity contribution in [2.75, 3.05) is 0 Å². The number of rotatable bonds is 4. The molecule has 1 amide bonds. The first-order valence-electron chi connectivity index (χ1n) is 4.35. The average Bonchev–Trinajstić information content (AvgIpc) is 2.26. The second-order valence-electron chi connectivity index (χ2n) is 2.95. The van der Waals surface area contributed by atoms with E-state index in [0.717, 1.165) is 11.6 Å². The summed E-state index contributed by atoms with van der Waals surface area (Å²) >= 11 is 0. The topological polar surface area (TPSA) is 80.4 Å². The first-order chi connectivity index (χ1) is 7.11. The van der Waals surface area contributed by atoms with Gasteiger partial charge in [-0.3, -0.25) is 9.59 Å². The highest BCUT2D eigenvalue weighted by Gasteiger charge is 2.17. The van der Waals surface area contributed by atoms with E-state index >= 15 is 0 Å². The molecule has 15 heavy (non-hydrogen) atoms. The molecule has 1 aromatic rings. The Morgan fingerprint density at radius 2 is 1.87 bits per heavy atom. The van der Waals surface area contributed by atoms with Crippen LogP contribution in [0.1, 0.15) is 5.56 Å². The Labute approximate surface area is 87.0 Å². The number of aliphatic hydroxyl groups is 1. The van der Waals surface area contributed by atoms with Crippen LogP contribution in [0.5, 0.6) is 0 Å². The summed E-state index contributed by atoms with van der Waals surface area (Å²) in [6.45, 7) is 0. The van der Waals surface area contributed by atoms with Gasteiger partial charge in [0.1, 0.15) is 0 Å². The normalized spacial score (nSPS) is 12.6. The Balaban J connectivity index is 2.67. The van der Waals surface area contributed by atoms with Crippen molar-refractivity contribution in [1.82, 2.24) is 0 Å². The molecule has 1 rings (SSSR count). The highest BCUT2D eigenvalue weighted by Crippen LogP contribution is 2.01. The highest BCUT2D eigenvalue weighted by molar-refractivity contribution is 6.10. The monoisotopic (exact) mass is 205 g/mol. The second-order valence-corrected chi connectivity index (χ2v) is 2.95. The molecule has 0 aliphatic carbocycles. The van der Waals surface area contributed by atoms with E-state index < -0.39 is 17.8 Å². The maximum Gasteiger partial charge on any atom is 0.254 e. The van der Waals surface area contributed by atoms with Gasteiger partial charge < -0.3 is 10.8 Å². The van der Waals surface area contributed by atoms with Gasteiger partial charge in [-0.15, -0.1) is 0 Å². The summed E-state index contributed by atoms with van der Waals surface area (Å²) in [5.74, 6) is -1.76. The number of aliphatic hydroxyl groups excluding tert-OH is 1. The number of ketones is 1. The minimum atomic E-state index is -1.76. The number of benzene rings is 1. The summed E-state index contributed by atoms with van der Waals surface area (Å²) in [4.78, 5) is 21.6. The van der Waals surface area contributed by atoms with Crippen LogP contribution in [0.3, 0.4) is 0 Å². The Hall–Kier alpha value is -1.94. The minimum Gasteiger partial charge on any atom is -0.376 e. The van der Waals surface area contributed by atoms with Gasteiger partial charge in [-0.2, -0.15) is 0 Å². The lowest BCUT2D eigenvalue weighted by Gasteiger charge is -1.99. The van der Waals surface area contributed by atoms with E-state index in [-0.39, 0.29) is 0 Å². The van der Waals surface area contributed by atoms with E-state index in [9.17, 15) is 9.59 Å². The molecule has 4 nitrogen and oxygen atoms in total. The summed E-state index contributed by atoms with van der Waals surface area (Å²) in [5.41, 5.74) is 5.57. The lowest BCUT2D eigenvalue weighted by atomic mass is 10.1. The van der Waals surface area contributed by atoms with Crippen LogP contribution < -0.4 is 5.73 Å². The van der Waals surface area contributed by atoms with Crippen molar-refractivity contribution in [1.29, 1.82) is 0 Å². The molecule has 0 saturated carbocycles. The number of nitrogens with two attached hydrogens (primary N) is 1. The number of hydrogen-bond donors (Lipinski definition) is 2. The molecule has 0 radical (unpaired) electrons. The van der Waals surface area contributed by atoms with Crippen LogP contribution in [0.15, 0.2) is 36.4 Å². The molecule has 1 atom stereocenters. The molecule has 1 unspecified atom stereocenters. The molecule has 0 heterocycles. The van der Waals surface area contributed by atoms with Gasteiger partial charge >= 0.3 is 0 Å². The summed E-state index contributed by atoms with van der Waals surface area (Å²) in [5, 5.41) is 9.00. The zero-order chi connectivity index (χ0) is 11.3. The molecule has 4 heteroatoms. The molecular weight excluding hydrogens is 194 g/mol. The number of primary amides is 1. The highest BCUT2D eigenvalue weighted by atomic mass is 16.3. The molecule has 0 aliphatic rings. The summed E-state index contributed by atoms with van der Waals surface area (Å²) in [7, 11) is 0. The van der Waals surface area contributed by atoms with Gasteiger partial charge in [0.25, 0.3) is 5.91 Å². The zero-order valence-electron chi connectivity index (χ0n) is 7.96. The largest absolute Gasteiger partial charge is 0.376 e. The molecule has 0 fully saturated rings.